The highest BCUT2D eigenvalue weighted by Crippen LogP contribution is 2.34. The Morgan fingerprint density at radius 1 is 1.42 bits per heavy atom. The van der Waals surface area contributed by atoms with Crippen LogP contribution in [0.4, 0.5) is 0 Å². The SMILES string of the molecule is C=CCn1c(SCCCC(=O)OCC)nc2sc3c(c2c1=O)CCCC3. The average Bonchev–Trinajstić information content (AvgIpc) is 3.00. The number of thiophene rings is 1. The summed E-state index contributed by atoms with van der Waals surface area (Å²) in [5.74, 6) is 0.546. The molecule has 0 fully saturated rings. The molecule has 7 heteroatoms. The molecule has 0 radical (unpaired) electrons. The Kier molecular flexibility index (Phi) is 6.53. The van der Waals surface area contributed by atoms with Crippen molar-refractivity contribution in [1.29, 1.82) is 0 Å². The molecule has 0 amide bonds. The van der Waals surface area contributed by atoms with E-state index in [9.17, 15) is 9.59 Å². The number of fused-ring (bicyclic) bond motifs is 3. The summed E-state index contributed by atoms with van der Waals surface area (Å²) in [7, 11) is 0. The number of rotatable bonds is 8. The number of thioether (sulfide) groups is 1. The standard InChI is InChI=1S/C19H24N2O3S2/c1-3-11-21-18(23)16-13-8-5-6-9-14(13)26-17(16)20-19(21)25-12-7-10-15(22)24-4-2/h3H,1,4-12H2,2H3. The molecule has 3 rings (SSSR count). The molecule has 140 valence electrons. The first-order valence-corrected chi connectivity index (χ1v) is 10.9. The normalized spacial score (nSPS) is 13.6. The van der Waals surface area contributed by atoms with Gasteiger partial charge in [-0.3, -0.25) is 14.2 Å². The lowest BCUT2D eigenvalue weighted by molar-refractivity contribution is -0.143. The summed E-state index contributed by atoms with van der Waals surface area (Å²) >= 11 is 3.19. The van der Waals surface area contributed by atoms with Gasteiger partial charge in [-0.25, -0.2) is 4.98 Å². The zero-order valence-corrected chi connectivity index (χ0v) is 16.7. The van der Waals surface area contributed by atoms with E-state index >= 15 is 0 Å². The van der Waals surface area contributed by atoms with Crippen molar-refractivity contribution in [1.82, 2.24) is 9.55 Å². The molecule has 2 heterocycles. The number of nitrogens with zero attached hydrogens (tertiary/aromatic N) is 2. The van der Waals surface area contributed by atoms with Crippen molar-refractivity contribution in [2.24, 2.45) is 0 Å². The second-order valence-electron chi connectivity index (χ2n) is 6.25. The van der Waals surface area contributed by atoms with Crippen LogP contribution in [0.15, 0.2) is 22.6 Å². The first-order valence-electron chi connectivity index (χ1n) is 9.10. The van der Waals surface area contributed by atoms with Crippen molar-refractivity contribution in [2.45, 2.75) is 57.1 Å². The van der Waals surface area contributed by atoms with Crippen LogP contribution in [0.2, 0.25) is 0 Å². The third-order valence-corrected chi connectivity index (χ3v) is 6.66. The van der Waals surface area contributed by atoms with E-state index in [2.05, 4.69) is 6.58 Å². The predicted octanol–water partition coefficient (Wildman–Crippen LogP) is 3.96. The number of hydrogen-bond donors (Lipinski definition) is 0. The highest BCUT2D eigenvalue weighted by Gasteiger charge is 2.21. The molecule has 2 aromatic rings. The van der Waals surface area contributed by atoms with Gasteiger partial charge >= 0.3 is 5.97 Å². The Bertz CT molecular complexity index is 870. The number of carbonyl (C=O) groups is 1. The fourth-order valence-electron chi connectivity index (χ4n) is 3.23. The zero-order chi connectivity index (χ0) is 18.5. The van der Waals surface area contributed by atoms with E-state index in [0.29, 0.717) is 31.1 Å². The van der Waals surface area contributed by atoms with Crippen LogP contribution in [-0.2, 0) is 28.9 Å². The summed E-state index contributed by atoms with van der Waals surface area (Å²) in [6.07, 6.45) is 7.19. The van der Waals surface area contributed by atoms with E-state index in [4.69, 9.17) is 9.72 Å². The molecular formula is C19H24N2O3S2. The lowest BCUT2D eigenvalue weighted by Crippen LogP contribution is -2.23. The van der Waals surface area contributed by atoms with Gasteiger partial charge in [-0.05, 0) is 44.6 Å². The van der Waals surface area contributed by atoms with E-state index in [-0.39, 0.29) is 11.5 Å². The Balaban J connectivity index is 1.84. The summed E-state index contributed by atoms with van der Waals surface area (Å²) < 4.78 is 6.66. The van der Waals surface area contributed by atoms with Crippen LogP contribution in [0.25, 0.3) is 10.2 Å². The Hall–Kier alpha value is -1.60. The Morgan fingerprint density at radius 3 is 3.00 bits per heavy atom. The van der Waals surface area contributed by atoms with Gasteiger partial charge in [0, 0.05) is 23.6 Å². The third-order valence-electron chi connectivity index (χ3n) is 4.41. The molecule has 0 aromatic carbocycles. The smallest absolute Gasteiger partial charge is 0.305 e. The van der Waals surface area contributed by atoms with Crippen LogP contribution >= 0.6 is 23.1 Å². The second kappa shape index (κ2) is 8.86. The van der Waals surface area contributed by atoms with Gasteiger partial charge in [0.15, 0.2) is 5.16 Å². The molecule has 0 bridgehead atoms. The largest absolute Gasteiger partial charge is 0.466 e. The minimum absolute atomic E-state index is 0.0437. The van der Waals surface area contributed by atoms with Crippen LogP contribution in [0.3, 0.4) is 0 Å². The van der Waals surface area contributed by atoms with Gasteiger partial charge < -0.3 is 4.74 Å². The minimum atomic E-state index is -0.175. The van der Waals surface area contributed by atoms with E-state index in [1.165, 1.54) is 28.6 Å². The average molecular weight is 393 g/mol. The number of aromatic nitrogens is 2. The maximum atomic E-state index is 13.1. The molecule has 2 aromatic heterocycles. The van der Waals surface area contributed by atoms with Crippen molar-refractivity contribution in [3.8, 4) is 0 Å². The molecule has 0 saturated carbocycles. The maximum Gasteiger partial charge on any atom is 0.305 e. The van der Waals surface area contributed by atoms with E-state index in [1.54, 1.807) is 28.9 Å². The molecule has 0 N–H and O–H groups in total. The van der Waals surface area contributed by atoms with Crippen molar-refractivity contribution in [3.63, 3.8) is 0 Å². The highest BCUT2D eigenvalue weighted by molar-refractivity contribution is 7.99. The summed E-state index contributed by atoms with van der Waals surface area (Å²) in [6.45, 7) is 6.44. The van der Waals surface area contributed by atoms with Crippen LogP contribution in [0.5, 0.6) is 0 Å². The monoisotopic (exact) mass is 392 g/mol. The van der Waals surface area contributed by atoms with Gasteiger partial charge in [0.2, 0.25) is 0 Å². The quantitative estimate of drug-likeness (QED) is 0.224. The number of aryl methyl sites for hydroxylation is 2. The molecule has 0 unspecified atom stereocenters. The van der Waals surface area contributed by atoms with Crippen LogP contribution in [0, 0.1) is 0 Å². The summed E-state index contributed by atoms with van der Waals surface area (Å²) in [6, 6.07) is 0. The van der Waals surface area contributed by atoms with Gasteiger partial charge in [-0.2, -0.15) is 0 Å². The molecule has 5 nitrogen and oxygen atoms in total. The first kappa shape index (κ1) is 19.2. The molecule has 0 aliphatic heterocycles. The van der Waals surface area contributed by atoms with E-state index in [1.807, 2.05) is 0 Å². The first-order chi connectivity index (χ1) is 12.7. The van der Waals surface area contributed by atoms with Gasteiger partial charge in [0.25, 0.3) is 5.56 Å². The lowest BCUT2D eigenvalue weighted by Gasteiger charge is -2.12. The molecule has 0 saturated heterocycles. The topological polar surface area (TPSA) is 61.2 Å². The highest BCUT2D eigenvalue weighted by atomic mass is 32.2. The third kappa shape index (κ3) is 4.04. The molecular weight excluding hydrogens is 368 g/mol. The Labute approximate surface area is 161 Å². The van der Waals surface area contributed by atoms with Gasteiger partial charge in [-0.1, -0.05) is 17.8 Å². The van der Waals surface area contributed by atoms with E-state index in [0.717, 1.165) is 35.2 Å². The van der Waals surface area contributed by atoms with Crippen molar-refractivity contribution in [2.75, 3.05) is 12.4 Å². The molecule has 1 aliphatic rings. The number of hydrogen-bond acceptors (Lipinski definition) is 6. The zero-order valence-electron chi connectivity index (χ0n) is 15.1. The number of allylic oxidation sites excluding steroid dienone is 1. The lowest BCUT2D eigenvalue weighted by atomic mass is 9.97. The maximum absolute atomic E-state index is 13.1. The molecule has 26 heavy (non-hydrogen) atoms. The molecule has 1 aliphatic carbocycles. The predicted molar refractivity (Wildman–Crippen MR) is 107 cm³/mol. The second-order valence-corrected chi connectivity index (χ2v) is 8.39. The van der Waals surface area contributed by atoms with Crippen molar-refractivity contribution < 1.29 is 9.53 Å². The number of ether oxygens (including phenoxy) is 1. The Morgan fingerprint density at radius 2 is 2.23 bits per heavy atom. The van der Waals surface area contributed by atoms with Crippen molar-refractivity contribution in [3.05, 3.63) is 33.4 Å². The molecule has 0 atom stereocenters. The minimum Gasteiger partial charge on any atom is -0.466 e. The van der Waals surface area contributed by atoms with Gasteiger partial charge in [0.05, 0.1) is 12.0 Å². The van der Waals surface area contributed by atoms with E-state index < -0.39 is 0 Å². The van der Waals surface area contributed by atoms with Crippen molar-refractivity contribution >= 4 is 39.3 Å². The fourth-order valence-corrected chi connectivity index (χ4v) is 5.48. The summed E-state index contributed by atoms with van der Waals surface area (Å²) in [5, 5.41) is 1.52. The number of esters is 1. The van der Waals surface area contributed by atoms with Gasteiger partial charge in [-0.15, -0.1) is 17.9 Å². The van der Waals surface area contributed by atoms with Crippen LogP contribution in [0.1, 0.15) is 43.0 Å². The van der Waals surface area contributed by atoms with Gasteiger partial charge in [0.1, 0.15) is 4.83 Å². The summed E-state index contributed by atoms with van der Waals surface area (Å²) in [5.41, 5.74) is 1.26. The van der Waals surface area contributed by atoms with Crippen LogP contribution < -0.4 is 5.56 Å². The molecule has 0 spiro atoms. The fraction of sp³-hybridized carbons (Fsp3) is 0.526. The number of carbonyl (C=O) groups excluding carboxylic acids is 1. The van der Waals surface area contributed by atoms with Crippen LogP contribution in [-0.4, -0.2) is 27.9 Å². The summed E-state index contributed by atoms with van der Waals surface area (Å²) in [4.78, 5) is 31.5.